The van der Waals surface area contributed by atoms with Crippen LogP contribution in [0, 0.1) is 0 Å². The first-order chi connectivity index (χ1) is 15.0. The number of piperazine rings is 2. The summed E-state index contributed by atoms with van der Waals surface area (Å²) in [5.41, 5.74) is 1.58. The topological polar surface area (TPSA) is 96.0 Å². The number of esters is 1. The number of amides is 3. The maximum Gasteiger partial charge on any atom is 0.337 e. The molecule has 2 atom stereocenters. The summed E-state index contributed by atoms with van der Waals surface area (Å²) in [4.78, 5) is 53.6. The summed E-state index contributed by atoms with van der Waals surface area (Å²) in [6.07, 6.45) is 0.428. The van der Waals surface area contributed by atoms with Crippen LogP contribution in [-0.2, 0) is 20.7 Å². The minimum atomic E-state index is -0.721. The Morgan fingerprint density at radius 2 is 1.77 bits per heavy atom. The third kappa shape index (κ3) is 4.14. The van der Waals surface area contributed by atoms with E-state index in [0.717, 1.165) is 5.56 Å². The van der Waals surface area contributed by atoms with Gasteiger partial charge in [-0.2, -0.15) is 0 Å². The molecule has 0 aliphatic carbocycles. The van der Waals surface area contributed by atoms with Gasteiger partial charge in [-0.05, 0) is 23.8 Å². The molecule has 2 aliphatic rings. The van der Waals surface area contributed by atoms with Gasteiger partial charge in [-0.3, -0.25) is 14.4 Å². The van der Waals surface area contributed by atoms with E-state index in [2.05, 4.69) is 5.32 Å². The highest BCUT2D eigenvalue weighted by molar-refractivity contribution is 6.00. The smallest absolute Gasteiger partial charge is 0.337 e. The summed E-state index contributed by atoms with van der Waals surface area (Å²) in [7, 11) is 1.28. The minimum Gasteiger partial charge on any atom is -0.465 e. The number of carbonyl (C=O) groups excluding carboxylic acids is 4. The third-order valence-electron chi connectivity index (χ3n) is 5.68. The second-order valence-electron chi connectivity index (χ2n) is 7.62. The molecule has 2 aromatic rings. The lowest BCUT2D eigenvalue weighted by molar-refractivity contribution is -0.152. The quantitative estimate of drug-likeness (QED) is 0.739. The van der Waals surface area contributed by atoms with Crippen molar-refractivity contribution in [3.05, 3.63) is 71.3 Å². The molecule has 8 heteroatoms. The largest absolute Gasteiger partial charge is 0.465 e. The number of hydrogen-bond acceptors (Lipinski definition) is 5. The molecule has 8 nitrogen and oxygen atoms in total. The average Bonchev–Trinajstić information content (AvgIpc) is 2.81. The Morgan fingerprint density at radius 1 is 1.03 bits per heavy atom. The van der Waals surface area contributed by atoms with Crippen molar-refractivity contribution in [3.63, 3.8) is 0 Å². The van der Waals surface area contributed by atoms with E-state index in [1.54, 1.807) is 28.0 Å². The molecule has 31 heavy (non-hydrogen) atoms. The number of methoxy groups -OCH3 is 1. The van der Waals surface area contributed by atoms with Crippen molar-refractivity contribution in [1.29, 1.82) is 0 Å². The Morgan fingerprint density at radius 3 is 2.52 bits per heavy atom. The molecule has 3 amide bonds. The second-order valence-corrected chi connectivity index (χ2v) is 7.62. The molecule has 2 aromatic carbocycles. The molecule has 1 N–H and O–H groups in total. The third-order valence-corrected chi connectivity index (χ3v) is 5.68. The van der Waals surface area contributed by atoms with Crippen LogP contribution in [0.3, 0.4) is 0 Å². The Kier molecular flexibility index (Phi) is 5.70. The lowest BCUT2D eigenvalue weighted by Gasteiger charge is -2.45. The summed E-state index contributed by atoms with van der Waals surface area (Å²) in [6, 6.07) is 14.5. The van der Waals surface area contributed by atoms with Gasteiger partial charge in [0.05, 0.1) is 19.2 Å². The van der Waals surface area contributed by atoms with Crippen LogP contribution in [0.25, 0.3) is 0 Å². The van der Waals surface area contributed by atoms with Gasteiger partial charge in [-0.15, -0.1) is 0 Å². The number of hydrogen-bond donors (Lipinski definition) is 1. The van der Waals surface area contributed by atoms with E-state index in [4.69, 9.17) is 4.74 Å². The fraction of sp³-hybridized carbons (Fsp3) is 0.304. The van der Waals surface area contributed by atoms with Gasteiger partial charge in [0.15, 0.2) is 0 Å². The molecule has 0 saturated carbocycles. The van der Waals surface area contributed by atoms with Gasteiger partial charge in [-0.1, -0.05) is 36.4 Å². The lowest BCUT2D eigenvalue weighted by Crippen LogP contribution is -2.70. The van der Waals surface area contributed by atoms with Gasteiger partial charge in [-0.25, -0.2) is 4.79 Å². The van der Waals surface area contributed by atoms with Crippen molar-refractivity contribution in [2.75, 3.05) is 26.7 Å². The zero-order chi connectivity index (χ0) is 22.0. The van der Waals surface area contributed by atoms with Crippen LogP contribution in [0.15, 0.2) is 54.6 Å². The van der Waals surface area contributed by atoms with Crippen LogP contribution >= 0.6 is 0 Å². The number of nitrogens with zero attached hydrogens (tertiary/aromatic N) is 2. The number of nitrogens with one attached hydrogen (secondary N) is 1. The number of rotatable bonds is 4. The van der Waals surface area contributed by atoms with Crippen molar-refractivity contribution in [3.8, 4) is 0 Å². The van der Waals surface area contributed by atoms with Gasteiger partial charge in [0, 0.05) is 25.1 Å². The molecule has 4 rings (SSSR count). The number of fused-ring (bicyclic) bond motifs is 1. The summed E-state index contributed by atoms with van der Waals surface area (Å²) in [5.74, 6) is -1.21. The fourth-order valence-corrected chi connectivity index (χ4v) is 4.05. The first kappa shape index (κ1) is 20.6. The summed E-state index contributed by atoms with van der Waals surface area (Å²) in [6.45, 7) is 0.705. The van der Waals surface area contributed by atoms with Crippen molar-refractivity contribution in [1.82, 2.24) is 15.1 Å². The van der Waals surface area contributed by atoms with Crippen molar-refractivity contribution >= 4 is 23.7 Å². The molecule has 0 aromatic heterocycles. The highest BCUT2D eigenvalue weighted by Gasteiger charge is 2.44. The summed E-state index contributed by atoms with van der Waals surface area (Å²) < 4.78 is 4.70. The number of carbonyl (C=O) groups is 4. The Labute approximate surface area is 179 Å². The summed E-state index contributed by atoms with van der Waals surface area (Å²) >= 11 is 0. The molecule has 0 radical (unpaired) electrons. The molecule has 2 heterocycles. The number of benzene rings is 2. The maximum absolute atomic E-state index is 13.0. The molecule has 2 aliphatic heterocycles. The normalized spacial score (nSPS) is 20.7. The number of ether oxygens (including phenoxy) is 1. The van der Waals surface area contributed by atoms with Crippen LogP contribution in [0.1, 0.15) is 26.3 Å². The Balaban J connectivity index is 1.46. The fourth-order valence-electron chi connectivity index (χ4n) is 4.05. The van der Waals surface area contributed by atoms with Gasteiger partial charge in [0.25, 0.3) is 5.91 Å². The molecule has 2 fully saturated rings. The first-order valence-electron chi connectivity index (χ1n) is 10.1. The van der Waals surface area contributed by atoms with Gasteiger partial charge in [0.1, 0.15) is 12.1 Å². The maximum atomic E-state index is 13.0. The molecule has 2 saturated heterocycles. The lowest BCUT2D eigenvalue weighted by atomic mass is 9.98. The minimum absolute atomic E-state index is 0.108. The Bertz CT molecular complexity index is 1020. The highest BCUT2D eigenvalue weighted by Crippen LogP contribution is 2.20. The molecule has 0 spiro atoms. The van der Waals surface area contributed by atoms with Gasteiger partial charge < -0.3 is 19.9 Å². The van der Waals surface area contributed by atoms with Crippen molar-refractivity contribution in [2.24, 2.45) is 0 Å². The van der Waals surface area contributed by atoms with Crippen LogP contribution in [-0.4, -0.2) is 72.3 Å². The van der Waals surface area contributed by atoms with Crippen molar-refractivity contribution in [2.45, 2.75) is 18.5 Å². The van der Waals surface area contributed by atoms with Crippen molar-refractivity contribution < 1.29 is 23.9 Å². The van der Waals surface area contributed by atoms with Gasteiger partial charge in [0.2, 0.25) is 11.8 Å². The van der Waals surface area contributed by atoms with E-state index in [0.29, 0.717) is 18.5 Å². The molecule has 0 bridgehead atoms. The van der Waals surface area contributed by atoms with Crippen LogP contribution in [0.2, 0.25) is 0 Å². The molecular formula is C23H23N3O5. The zero-order valence-electron chi connectivity index (χ0n) is 17.1. The van der Waals surface area contributed by atoms with E-state index in [1.165, 1.54) is 13.2 Å². The molecule has 0 unspecified atom stereocenters. The van der Waals surface area contributed by atoms with E-state index < -0.39 is 18.1 Å². The van der Waals surface area contributed by atoms with Crippen LogP contribution in [0.4, 0.5) is 0 Å². The van der Waals surface area contributed by atoms with Gasteiger partial charge >= 0.3 is 5.97 Å². The van der Waals surface area contributed by atoms with Crippen LogP contribution in [0.5, 0.6) is 0 Å². The summed E-state index contributed by atoms with van der Waals surface area (Å²) in [5, 5.41) is 2.82. The van der Waals surface area contributed by atoms with E-state index in [1.807, 2.05) is 30.3 Å². The SMILES string of the molecule is COC(=O)c1cccc(C(=O)N2CCN3C(=O)[C@H](Cc4ccccc4)NC(=O)[C@H]3C2)c1. The van der Waals surface area contributed by atoms with E-state index in [9.17, 15) is 19.2 Å². The van der Waals surface area contributed by atoms with Crippen LogP contribution < -0.4 is 5.32 Å². The second kappa shape index (κ2) is 8.59. The predicted octanol–water partition coefficient (Wildman–Crippen LogP) is 0.867. The molecular weight excluding hydrogens is 398 g/mol. The standard InChI is InChI=1S/C23H23N3O5/c1-31-23(30)17-9-5-8-16(13-17)21(28)25-10-11-26-19(14-25)20(27)24-18(22(26)29)12-15-6-3-2-4-7-15/h2-9,13,18-19H,10-12,14H2,1H3,(H,24,27)/t18-,19+/m0/s1. The highest BCUT2D eigenvalue weighted by atomic mass is 16.5. The van der Waals surface area contributed by atoms with E-state index in [-0.39, 0.29) is 36.4 Å². The zero-order valence-corrected chi connectivity index (χ0v) is 17.1. The molecule has 160 valence electrons. The monoisotopic (exact) mass is 421 g/mol. The predicted molar refractivity (Wildman–Crippen MR) is 111 cm³/mol. The average molecular weight is 421 g/mol. The first-order valence-corrected chi connectivity index (χ1v) is 10.1. The Hall–Kier alpha value is -3.68. The van der Waals surface area contributed by atoms with E-state index >= 15 is 0 Å².